The fourth-order valence-corrected chi connectivity index (χ4v) is 3.67. The molecule has 0 aliphatic rings. The Hall–Kier alpha value is -1.59. The number of aromatic nitrogens is 1. The quantitative estimate of drug-likeness (QED) is 0.619. The molecule has 25 heavy (non-hydrogen) atoms. The predicted molar refractivity (Wildman–Crippen MR) is 104 cm³/mol. The fourth-order valence-electron chi connectivity index (χ4n) is 2.62. The zero-order valence-electron chi connectivity index (χ0n) is 13.0. The van der Waals surface area contributed by atoms with Crippen molar-refractivity contribution < 1.29 is 5.11 Å². The molecule has 3 rings (SSSR count). The predicted octanol–water partition coefficient (Wildman–Crippen LogP) is 5.05. The molecule has 1 atom stereocenters. The first-order valence-electron chi connectivity index (χ1n) is 7.52. The zero-order valence-corrected chi connectivity index (χ0v) is 16.1. The molecule has 128 valence electrons. The second kappa shape index (κ2) is 7.75. The van der Waals surface area contributed by atoms with Crippen LogP contribution in [-0.4, -0.2) is 9.67 Å². The largest absolute Gasteiger partial charge is 0.383 e. The van der Waals surface area contributed by atoms with Crippen LogP contribution in [0, 0.1) is 0 Å². The van der Waals surface area contributed by atoms with Gasteiger partial charge in [0.25, 0.3) is 0 Å². The Morgan fingerprint density at radius 2 is 1.76 bits per heavy atom. The summed E-state index contributed by atoms with van der Waals surface area (Å²) in [5.74, 6) is 0. The van der Waals surface area contributed by atoms with Crippen molar-refractivity contribution in [1.29, 1.82) is 0 Å². The van der Waals surface area contributed by atoms with E-state index in [2.05, 4.69) is 15.9 Å². The minimum Gasteiger partial charge on any atom is -0.383 e. The molecule has 3 nitrogen and oxygen atoms in total. The lowest BCUT2D eigenvalue weighted by molar-refractivity contribution is 0.218. The van der Waals surface area contributed by atoms with Crippen molar-refractivity contribution in [2.24, 2.45) is 0 Å². The Morgan fingerprint density at radius 1 is 1.08 bits per heavy atom. The lowest BCUT2D eigenvalue weighted by atomic mass is 10.0. The average molecular weight is 439 g/mol. The number of pyridine rings is 1. The summed E-state index contributed by atoms with van der Waals surface area (Å²) in [4.78, 5) is 12.2. The van der Waals surface area contributed by atoms with Crippen LogP contribution in [0.3, 0.4) is 0 Å². The second-order valence-electron chi connectivity index (χ2n) is 5.60. The van der Waals surface area contributed by atoms with Crippen LogP contribution in [-0.2, 0) is 6.54 Å². The van der Waals surface area contributed by atoms with E-state index in [4.69, 9.17) is 23.2 Å². The molecule has 2 aromatic carbocycles. The Kier molecular flexibility index (Phi) is 5.64. The number of nitrogens with zero attached hydrogens (tertiary/aromatic N) is 1. The highest BCUT2D eigenvalue weighted by Gasteiger charge is 2.20. The first-order chi connectivity index (χ1) is 12.0. The number of halogens is 3. The third kappa shape index (κ3) is 4.15. The van der Waals surface area contributed by atoms with Gasteiger partial charge in [-0.1, -0.05) is 57.3 Å². The lowest BCUT2D eigenvalue weighted by Crippen LogP contribution is -2.17. The first-order valence-corrected chi connectivity index (χ1v) is 9.07. The van der Waals surface area contributed by atoms with E-state index in [0.717, 1.165) is 10.0 Å². The van der Waals surface area contributed by atoms with Gasteiger partial charge in [-0.3, -0.25) is 4.79 Å². The maximum atomic E-state index is 12.2. The summed E-state index contributed by atoms with van der Waals surface area (Å²) in [6, 6.07) is 14.3. The molecule has 0 saturated heterocycles. The maximum absolute atomic E-state index is 12.2. The maximum Gasteiger partial charge on any atom is 0.187 e. The van der Waals surface area contributed by atoms with Gasteiger partial charge in [-0.05, 0) is 29.8 Å². The Morgan fingerprint density at radius 3 is 2.44 bits per heavy atom. The summed E-state index contributed by atoms with van der Waals surface area (Å²) in [5, 5.41) is 11.3. The van der Waals surface area contributed by atoms with E-state index in [1.807, 2.05) is 28.8 Å². The zero-order chi connectivity index (χ0) is 18.0. The number of aliphatic hydroxyl groups excluding tert-OH is 1. The molecular weight excluding hydrogens is 425 g/mol. The highest BCUT2D eigenvalue weighted by molar-refractivity contribution is 9.10. The van der Waals surface area contributed by atoms with E-state index in [1.54, 1.807) is 30.6 Å². The molecular formula is C19H14BrCl2NO2. The molecule has 1 aromatic heterocycles. The van der Waals surface area contributed by atoms with Crippen LogP contribution in [0.25, 0.3) is 0 Å². The van der Waals surface area contributed by atoms with Crippen molar-refractivity contribution in [2.75, 3.05) is 0 Å². The molecule has 0 bridgehead atoms. The van der Waals surface area contributed by atoms with Crippen molar-refractivity contribution >= 4 is 39.1 Å². The molecule has 0 radical (unpaired) electrons. The van der Waals surface area contributed by atoms with Crippen LogP contribution in [0.4, 0.5) is 0 Å². The van der Waals surface area contributed by atoms with Crippen molar-refractivity contribution in [2.45, 2.75) is 12.6 Å². The molecule has 0 saturated carbocycles. The van der Waals surface area contributed by atoms with E-state index in [-0.39, 0.29) is 11.0 Å². The van der Waals surface area contributed by atoms with Crippen LogP contribution < -0.4 is 5.43 Å². The Labute approximate surface area is 163 Å². The van der Waals surface area contributed by atoms with E-state index < -0.39 is 6.10 Å². The van der Waals surface area contributed by atoms with Gasteiger partial charge in [0.15, 0.2) is 5.43 Å². The highest BCUT2D eigenvalue weighted by atomic mass is 79.9. The molecule has 1 unspecified atom stereocenters. The summed E-state index contributed by atoms with van der Waals surface area (Å²) < 4.78 is 2.82. The topological polar surface area (TPSA) is 42.2 Å². The molecule has 0 amide bonds. The normalized spacial score (nSPS) is 12.2. The smallest absolute Gasteiger partial charge is 0.187 e. The molecule has 0 aliphatic heterocycles. The van der Waals surface area contributed by atoms with Crippen molar-refractivity contribution in [3.05, 3.63) is 102 Å². The molecule has 3 aromatic rings. The Balaban J connectivity index is 1.98. The minimum atomic E-state index is -1.19. The second-order valence-corrected chi connectivity index (χ2v) is 7.33. The van der Waals surface area contributed by atoms with E-state index >= 15 is 0 Å². The van der Waals surface area contributed by atoms with Crippen LogP contribution in [0.1, 0.15) is 22.8 Å². The third-order valence-corrected chi connectivity index (χ3v) is 4.98. The lowest BCUT2D eigenvalue weighted by Gasteiger charge is -2.16. The average Bonchev–Trinajstić information content (AvgIpc) is 2.56. The molecule has 0 spiro atoms. The summed E-state index contributed by atoms with van der Waals surface area (Å²) in [7, 11) is 0. The number of hydrogen-bond donors (Lipinski definition) is 1. The first kappa shape index (κ1) is 18.2. The summed E-state index contributed by atoms with van der Waals surface area (Å²) >= 11 is 15.8. The van der Waals surface area contributed by atoms with Gasteiger partial charge in [-0.2, -0.15) is 0 Å². The minimum absolute atomic E-state index is 0.229. The van der Waals surface area contributed by atoms with Gasteiger partial charge in [0.2, 0.25) is 0 Å². The fraction of sp³-hybridized carbons (Fsp3) is 0.105. The van der Waals surface area contributed by atoms with Crippen molar-refractivity contribution in [1.82, 2.24) is 4.57 Å². The molecule has 0 aliphatic carbocycles. The van der Waals surface area contributed by atoms with Crippen molar-refractivity contribution in [3.8, 4) is 0 Å². The monoisotopic (exact) mass is 437 g/mol. The van der Waals surface area contributed by atoms with E-state index in [0.29, 0.717) is 22.2 Å². The van der Waals surface area contributed by atoms with E-state index in [1.165, 1.54) is 6.07 Å². The van der Waals surface area contributed by atoms with Crippen LogP contribution >= 0.6 is 39.1 Å². The van der Waals surface area contributed by atoms with Gasteiger partial charge in [0, 0.05) is 50.6 Å². The number of hydrogen-bond acceptors (Lipinski definition) is 2. The summed E-state index contributed by atoms with van der Waals surface area (Å²) in [6.45, 7) is 0.565. The molecule has 1 N–H and O–H groups in total. The molecule has 0 fully saturated rings. The highest BCUT2D eigenvalue weighted by Crippen LogP contribution is 2.32. The SMILES string of the molecule is O=c1ccn(Cc2cccc(Br)c2)cc1C(O)c1c(Cl)cccc1Cl. The van der Waals surface area contributed by atoms with Gasteiger partial charge < -0.3 is 9.67 Å². The van der Waals surface area contributed by atoms with Gasteiger partial charge in [-0.15, -0.1) is 0 Å². The number of aliphatic hydroxyl groups is 1. The van der Waals surface area contributed by atoms with Gasteiger partial charge in [-0.25, -0.2) is 0 Å². The standard InChI is InChI=1S/C19H14BrCl2NO2/c20-13-4-1-3-12(9-13)10-23-8-7-17(24)14(11-23)19(25)18-15(21)5-2-6-16(18)22/h1-9,11,19,25H,10H2. The summed E-state index contributed by atoms with van der Waals surface area (Å²) in [6.07, 6.45) is 2.13. The van der Waals surface area contributed by atoms with Crippen molar-refractivity contribution in [3.63, 3.8) is 0 Å². The van der Waals surface area contributed by atoms with Crippen LogP contribution in [0.5, 0.6) is 0 Å². The molecule has 1 heterocycles. The van der Waals surface area contributed by atoms with Gasteiger partial charge in [0.05, 0.1) is 0 Å². The van der Waals surface area contributed by atoms with Crippen LogP contribution in [0.2, 0.25) is 10.0 Å². The molecule has 6 heteroatoms. The third-order valence-electron chi connectivity index (χ3n) is 3.83. The van der Waals surface area contributed by atoms with Gasteiger partial charge in [0.1, 0.15) is 6.10 Å². The van der Waals surface area contributed by atoms with Gasteiger partial charge >= 0.3 is 0 Å². The Bertz CT molecular complexity index is 951. The number of rotatable bonds is 4. The number of benzene rings is 2. The van der Waals surface area contributed by atoms with Crippen LogP contribution in [0.15, 0.2) is 70.2 Å². The summed E-state index contributed by atoms with van der Waals surface area (Å²) in [5.41, 5.74) is 1.36. The van der Waals surface area contributed by atoms with E-state index in [9.17, 15) is 9.90 Å².